The van der Waals surface area contributed by atoms with Crippen molar-refractivity contribution in [3.05, 3.63) is 174 Å². The Morgan fingerprint density at radius 2 is 1.22 bits per heavy atom. The van der Waals surface area contributed by atoms with Gasteiger partial charge in [-0.3, -0.25) is 0 Å². The lowest BCUT2D eigenvalue weighted by atomic mass is 9.76. The van der Waals surface area contributed by atoms with Crippen molar-refractivity contribution in [1.29, 1.82) is 0 Å². The zero-order valence-electron chi connectivity index (χ0n) is 21.8. The second kappa shape index (κ2) is 13.4. The van der Waals surface area contributed by atoms with Crippen molar-refractivity contribution in [2.75, 3.05) is 0 Å². The highest BCUT2D eigenvalue weighted by Crippen LogP contribution is 2.34. The number of nitrogens with zero attached hydrogens (tertiary/aromatic N) is 2. The molecule has 0 saturated carbocycles. The Balaban J connectivity index is 0.000000195. The van der Waals surface area contributed by atoms with E-state index in [2.05, 4.69) is 164 Å². The van der Waals surface area contributed by atoms with E-state index in [0.29, 0.717) is 5.82 Å². The van der Waals surface area contributed by atoms with Crippen molar-refractivity contribution in [1.82, 2.24) is 9.55 Å². The lowest BCUT2D eigenvalue weighted by Gasteiger charge is -2.36. The van der Waals surface area contributed by atoms with Gasteiger partial charge >= 0.3 is 0 Å². The molecular weight excluding hydrogens is 463 g/mol. The Bertz CT molecular complexity index is 1240. The van der Waals surface area contributed by atoms with Crippen molar-refractivity contribution in [3.63, 3.8) is 0 Å². The highest BCUT2D eigenvalue weighted by Gasteiger charge is 2.35. The Morgan fingerprint density at radius 3 is 1.62 bits per heavy atom. The Morgan fingerprint density at radius 1 is 0.757 bits per heavy atom. The van der Waals surface area contributed by atoms with Gasteiger partial charge < -0.3 is 4.57 Å². The molecule has 0 unspecified atom stereocenters. The van der Waals surface area contributed by atoms with Crippen LogP contribution in [0.2, 0.25) is 6.04 Å². The van der Waals surface area contributed by atoms with E-state index >= 15 is 0 Å². The summed E-state index contributed by atoms with van der Waals surface area (Å²) in [4.78, 5) is 4.33. The van der Waals surface area contributed by atoms with Crippen molar-refractivity contribution < 1.29 is 0 Å². The molecule has 2 nitrogen and oxygen atoms in total. The zero-order valence-corrected chi connectivity index (χ0v) is 23.2. The van der Waals surface area contributed by atoms with E-state index in [0.717, 1.165) is 6.04 Å². The highest BCUT2D eigenvalue weighted by molar-refractivity contribution is 6.42. The quantitative estimate of drug-likeness (QED) is 0.184. The first-order chi connectivity index (χ1) is 18.3. The van der Waals surface area contributed by atoms with Crippen LogP contribution in [0, 0.1) is 0 Å². The zero-order chi connectivity index (χ0) is 25.8. The van der Waals surface area contributed by atoms with Gasteiger partial charge in [0.05, 0.1) is 21.0 Å². The van der Waals surface area contributed by atoms with Crippen LogP contribution in [0.25, 0.3) is 0 Å². The van der Waals surface area contributed by atoms with Gasteiger partial charge in [-0.15, -0.1) is 0 Å². The van der Waals surface area contributed by atoms with Gasteiger partial charge in [0.2, 0.25) is 0 Å². The summed E-state index contributed by atoms with van der Waals surface area (Å²) in [6, 6.07) is 44.0. The average molecular weight is 499 g/mol. The topological polar surface area (TPSA) is 17.8 Å². The number of hydrogen-bond donors (Lipinski definition) is 0. The van der Waals surface area contributed by atoms with Gasteiger partial charge in [-0.2, -0.15) is 0 Å². The third-order valence-electron chi connectivity index (χ3n) is 6.96. The minimum absolute atomic E-state index is 0.0987. The van der Waals surface area contributed by atoms with Crippen molar-refractivity contribution >= 4 is 17.4 Å². The molecule has 0 fully saturated rings. The van der Waals surface area contributed by atoms with Gasteiger partial charge in [0.1, 0.15) is 7.85 Å². The van der Waals surface area contributed by atoms with Gasteiger partial charge in [-0.25, -0.2) is 4.98 Å². The SMILES string of the molecule is BC(c1ccccc1)c1ccccc1.CC=CC[SiH2]C(c1ccccc1)(c1ccccc1)n1ccnc1. The minimum atomic E-state index is -0.522. The van der Waals surface area contributed by atoms with E-state index in [1.807, 2.05) is 12.5 Å². The molecule has 0 aliphatic heterocycles. The largest absolute Gasteiger partial charge is 0.327 e. The molecule has 4 aromatic carbocycles. The third kappa shape index (κ3) is 6.46. The van der Waals surface area contributed by atoms with Crippen LogP contribution in [-0.2, 0) is 5.16 Å². The van der Waals surface area contributed by atoms with Crippen LogP contribution in [0.4, 0.5) is 0 Å². The molecule has 184 valence electrons. The van der Waals surface area contributed by atoms with Gasteiger partial charge in [0.15, 0.2) is 0 Å². The Labute approximate surface area is 225 Å². The van der Waals surface area contributed by atoms with E-state index in [1.54, 1.807) is 0 Å². The fourth-order valence-electron chi connectivity index (χ4n) is 4.93. The molecule has 0 bridgehead atoms. The standard InChI is InChI=1S/C20H22N2Si.C13H13B/c1-2-3-16-23-20(22-15-14-21-17-22,18-10-6-4-7-11-18)19-12-8-5-9-13-19;14-13(11-7-3-1-4-8-11)12-9-5-2-6-10-12/h2-15,17H,16,23H2,1H3;1-10,13H,14H2. The molecular formula is C33H35BN2Si. The number of rotatable bonds is 8. The summed E-state index contributed by atoms with van der Waals surface area (Å²) < 4.78 is 2.30. The van der Waals surface area contributed by atoms with E-state index < -0.39 is 9.52 Å². The molecule has 5 aromatic rings. The maximum absolute atomic E-state index is 4.33. The second-order valence-corrected chi connectivity index (χ2v) is 11.3. The molecule has 37 heavy (non-hydrogen) atoms. The van der Waals surface area contributed by atoms with Crippen LogP contribution in [0.3, 0.4) is 0 Å². The molecule has 0 aliphatic rings. The average Bonchev–Trinajstić information content (AvgIpc) is 3.53. The van der Waals surface area contributed by atoms with Crippen LogP contribution in [-0.4, -0.2) is 26.9 Å². The van der Waals surface area contributed by atoms with Crippen molar-refractivity contribution in [2.24, 2.45) is 0 Å². The molecule has 0 atom stereocenters. The first kappa shape index (κ1) is 26.2. The predicted molar refractivity (Wildman–Crippen MR) is 163 cm³/mol. The summed E-state index contributed by atoms with van der Waals surface area (Å²) in [5.41, 5.74) is 5.44. The van der Waals surface area contributed by atoms with E-state index in [9.17, 15) is 0 Å². The summed E-state index contributed by atoms with van der Waals surface area (Å²) in [5.74, 6) is 0.484. The lowest BCUT2D eigenvalue weighted by molar-refractivity contribution is 0.592. The van der Waals surface area contributed by atoms with Crippen LogP contribution < -0.4 is 0 Å². The van der Waals surface area contributed by atoms with E-state index in [4.69, 9.17) is 0 Å². The number of hydrogen-bond acceptors (Lipinski definition) is 1. The highest BCUT2D eigenvalue weighted by atomic mass is 28.2. The van der Waals surface area contributed by atoms with Gasteiger partial charge in [0.25, 0.3) is 0 Å². The molecule has 0 N–H and O–H groups in total. The van der Waals surface area contributed by atoms with Crippen LogP contribution in [0.5, 0.6) is 0 Å². The summed E-state index contributed by atoms with van der Waals surface area (Å²) in [7, 11) is 1.72. The molecule has 0 radical (unpaired) electrons. The monoisotopic (exact) mass is 498 g/mol. The fraction of sp³-hybridized carbons (Fsp3) is 0.121. The molecule has 1 heterocycles. The van der Waals surface area contributed by atoms with Crippen LogP contribution >= 0.6 is 0 Å². The van der Waals surface area contributed by atoms with Gasteiger partial charge in [-0.1, -0.05) is 133 Å². The predicted octanol–water partition coefficient (Wildman–Crippen LogP) is 6.20. The molecule has 0 amide bonds. The number of aromatic nitrogens is 2. The second-order valence-electron chi connectivity index (χ2n) is 9.21. The van der Waals surface area contributed by atoms with Gasteiger partial charge in [0, 0.05) is 12.4 Å². The van der Waals surface area contributed by atoms with Crippen molar-refractivity contribution in [3.8, 4) is 0 Å². The fourth-order valence-corrected chi connectivity index (χ4v) is 7.34. The maximum Gasteiger partial charge on any atom is 0.116 e. The molecule has 4 heteroatoms. The Kier molecular flexibility index (Phi) is 9.50. The third-order valence-corrected chi connectivity index (χ3v) is 9.48. The first-order valence-corrected chi connectivity index (χ1v) is 14.8. The summed E-state index contributed by atoms with van der Waals surface area (Å²) in [5, 5.41) is -0.0987. The summed E-state index contributed by atoms with van der Waals surface area (Å²) in [6.07, 6.45) is 10.4. The molecule has 1 aromatic heterocycles. The van der Waals surface area contributed by atoms with Gasteiger partial charge in [-0.05, 0) is 41.0 Å². The molecule has 5 rings (SSSR count). The normalized spacial score (nSPS) is 11.6. The minimum Gasteiger partial charge on any atom is -0.327 e. The first-order valence-electron chi connectivity index (χ1n) is 13.1. The maximum atomic E-state index is 4.33. The lowest BCUT2D eigenvalue weighted by Crippen LogP contribution is -2.41. The smallest absolute Gasteiger partial charge is 0.116 e. The summed E-state index contributed by atoms with van der Waals surface area (Å²) in [6.45, 7) is 2.10. The van der Waals surface area contributed by atoms with Crippen molar-refractivity contribution in [2.45, 2.75) is 23.9 Å². The van der Waals surface area contributed by atoms with Crippen LogP contribution in [0.15, 0.2) is 152 Å². The summed E-state index contributed by atoms with van der Waals surface area (Å²) >= 11 is 0. The van der Waals surface area contributed by atoms with E-state index in [-0.39, 0.29) is 5.16 Å². The number of benzene rings is 4. The number of allylic oxidation sites excluding steroid dienone is 2. The molecule has 0 aliphatic carbocycles. The Hall–Kier alpha value is -3.89. The number of imidazole rings is 1. The molecule has 0 spiro atoms. The molecule has 0 saturated heterocycles. The van der Waals surface area contributed by atoms with Crippen LogP contribution in [0.1, 0.15) is 35.0 Å². The van der Waals surface area contributed by atoms with E-state index in [1.165, 1.54) is 22.3 Å².